The Morgan fingerprint density at radius 1 is 1.11 bits per heavy atom. The first-order valence-corrected chi connectivity index (χ1v) is 7.67. The number of methoxy groups -OCH3 is 1. The van der Waals surface area contributed by atoms with Crippen molar-refractivity contribution in [2.24, 2.45) is 5.73 Å². The summed E-state index contributed by atoms with van der Waals surface area (Å²) in [5.74, 6) is 0.879. The molecule has 0 aromatic heterocycles. The minimum atomic E-state index is 0.577. The number of aryl methyl sites for hydroxylation is 1. The van der Waals surface area contributed by atoms with Crippen LogP contribution in [0.2, 0.25) is 0 Å². The molecule has 0 unspecified atom stereocenters. The van der Waals surface area contributed by atoms with Gasteiger partial charge in [-0.3, -0.25) is 0 Å². The van der Waals surface area contributed by atoms with E-state index in [0.717, 1.165) is 29.6 Å². The minimum absolute atomic E-state index is 0.577. The maximum atomic E-state index is 5.60. The Hall–Kier alpha value is -0.580. The van der Waals surface area contributed by atoms with Crippen molar-refractivity contribution in [3.05, 3.63) is 28.2 Å². The average molecular weight is 330 g/mol. The van der Waals surface area contributed by atoms with E-state index in [4.69, 9.17) is 15.2 Å². The lowest BCUT2D eigenvalue weighted by molar-refractivity contribution is 0.146. The zero-order valence-corrected chi connectivity index (χ0v) is 13.2. The highest BCUT2D eigenvalue weighted by molar-refractivity contribution is 9.10. The molecule has 0 saturated carbocycles. The highest BCUT2D eigenvalue weighted by Gasteiger charge is 2.03. The molecule has 1 aromatic carbocycles. The lowest BCUT2D eigenvalue weighted by atomic mass is 10.1. The lowest BCUT2D eigenvalue weighted by Gasteiger charge is -2.09. The van der Waals surface area contributed by atoms with Gasteiger partial charge in [-0.2, -0.15) is 0 Å². The molecule has 4 heteroatoms. The molecule has 19 heavy (non-hydrogen) atoms. The molecule has 0 saturated heterocycles. The summed E-state index contributed by atoms with van der Waals surface area (Å²) >= 11 is 3.55. The Kier molecular flexibility index (Phi) is 8.88. The molecule has 0 atom stereocenters. The van der Waals surface area contributed by atoms with Crippen LogP contribution in [0.4, 0.5) is 0 Å². The van der Waals surface area contributed by atoms with E-state index >= 15 is 0 Å². The molecule has 0 aliphatic heterocycles. The van der Waals surface area contributed by atoms with E-state index in [-0.39, 0.29) is 0 Å². The molecule has 0 amide bonds. The number of benzene rings is 1. The predicted octanol–water partition coefficient (Wildman–Crippen LogP) is 3.54. The van der Waals surface area contributed by atoms with Gasteiger partial charge in [-0.15, -0.1) is 0 Å². The van der Waals surface area contributed by atoms with Crippen LogP contribution in [-0.2, 0) is 11.2 Å². The molecule has 2 N–H and O–H groups in total. The number of hydrogen-bond donors (Lipinski definition) is 1. The lowest BCUT2D eigenvalue weighted by Crippen LogP contribution is -2.04. The molecule has 3 nitrogen and oxygen atoms in total. The van der Waals surface area contributed by atoms with Crippen LogP contribution in [0.5, 0.6) is 5.75 Å². The van der Waals surface area contributed by atoms with Crippen LogP contribution in [0, 0.1) is 0 Å². The molecular formula is C15H24BrNO2. The molecule has 0 radical (unpaired) electrons. The normalized spacial score (nSPS) is 10.7. The molecule has 0 fully saturated rings. The van der Waals surface area contributed by atoms with E-state index in [1.165, 1.54) is 24.8 Å². The van der Waals surface area contributed by atoms with Crippen LogP contribution in [0.1, 0.15) is 31.2 Å². The number of rotatable bonds is 10. The van der Waals surface area contributed by atoms with Gasteiger partial charge in [-0.05, 0) is 59.4 Å². The molecule has 1 aromatic rings. The van der Waals surface area contributed by atoms with Crippen molar-refractivity contribution in [2.45, 2.75) is 32.1 Å². The van der Waals surface area contributed by atoms with E-state index < -0.39 is 0 Å². The standard InChI is InChI=1S/C15H24BrNO2/c1-18-10-11-19-15-8-7-13(12-14(15)16)6-4-2-3-5-9-17/h7-8,12H,2-6,9-11,17H2,1H3. The van der Waals surface area contributed by atoms with E-state index in [0.29, 0.717) is 13.2 Å². The number of ether oxygens (including phenoxy) is 2. The highest BCUT2D eigenvalue weighted by Crippen LogP contribution is 2.26. The summed E-state index contributed by atoms with van der Waals surface area (Å²) in [6.07, 6.45) is 5.95. The zero-order chi connectivity index (χ0) is 13.9. The van der Waals surface area contributed by atoms with Crippen molar-refractivity contribution < 1.29 is 9.47 Å². The van der Waals surface area contributed by atoms with Crippen molar-refractivity contribution in [1.82, 2.24) is 0 Å². The Morgan fingerprint density at radius 2 is 1.89 bits per heavy atom. The summed E-state index contributed by atoms with van der Waals surface area (Å²) in [7, 11) is 1.67. The van der Waals surface area contributed by atoms with Crippen LogP contribution < -0.4 is 10.5 Å². The van der Waals surface area contributed by atoms with Gasteiger partial charge in [0.2, 0.25) is 0 Å². The first-order valence-electron chi connectivity index (χ1n) is 6.88. The van der Waals surface area contributed by atoms with Gasteiger partial charge >= 0.3 is 0 Å². The van der Waals surface area contributed by atoms with Gasteiger partial charge in [0, 0.05) is 7.11 Å². The van der Waals surface area contributed by atoms with E-state index in [2.05, 4.69) is 28.1 Å². The number of unbranched alkanes of at least 4 members (excludes halogenated alkanes) is 3. The average Bonchev–Trinajstić information content (AvgIpc) is 2.41. The van der Waals surface area contributed by atoms with Crippen molar-refractivity contribution in [2.75, 3.05) is 26.9 Å². The fourth-order valence-electron chi connectivity index (χ4n) is 1.88. The monoisotopic (exact) mass is 329 g/mol. The topological polar surface area (TPSA) is 44.5 Å². The third-order valence-electron chi connectivity index (χ3n) is 2.96. The van der Waals surface area contributed by atoms with Gasteiger partial charge in [-0.25, -0.2) is 0 Å². The zero-order valence-electron chi connectivity index (χ0n) is 11.7. The van der Waals surface area contributed by atoms with Gasteiger partial charge in [0.1, 0.15) is 12.4 Å². The smallest absolute Gasteiger partial charge is 0.133 e. The van der Waals surface area contributed by atoms with Crippen LogP contribution in [0.3, 0.4) is 0 Å². The summed E-state index contributed by atoms with van der Waals surface area (Å²) in [6, 6.07) is 6.30. The van der Waals surface area contributed by atoms with Gasteiger partial charge in [0.05, 0.1) is 11.1 Å². The van der Waals surface area contributed by atoms with Gasteiger partial charge in [0.15, 0.2) is 0 Å². The Balaban J connectivity index is 2.34. The SMILES string of the molecule is COCCOc1ccc(CCCCCCN)cc1Br. The van der Waals surface area contributed by atoms with Crippen molar-refractivity contribution in [3.8, 4) is 5.75 Å². The summed E-state index contributed by atoms with van der Waals surface area (Å²) < 4.78 is 11.6. The van der Waals surface area contributed by atoms with Crippen molar-refractivity contribution in [3.63, 3.8) is 0 Å². The summed E-state index contributed by atoms with van der Waals surface area (Å²) in [5, 5.41) is 0. The quantitative estimate of drug-likeness (QED) is 0.668. The fraction of sp³-hybridized carbons (Fsp3) is 0.600. The first-order chi connectivity index (χ1) is 9.27. The van der Waals surface area contributed by atoms with Crippen molar-refractivity contribution >= 4 is 15.9 Å². The summed E-state index contributed by atoms with van der Waals surface area (Å²) in [5.41, 5.74) is 6.83. The van der Waals surface area contributed by atoms with Gasteiger partial charge < -0.3 is 15.2 Å². The fourth-order valence-corrected chi connectivity index (χ4v) is 2.42. The summed E-state index contributed by atoms with van der Waals surface area (Å²) in [6.45, 7) is 1.99. The maximum Gasteiger partial charge on any atom is 0.133 e. The van der Waals surface area contributed by atoms with Gasteiger partial charge in [0.25, 0.3) is 0 Å². The third-order valence-corrected chi connectivity index (χ3v) is 3.58. The van der Waals surface area contributed by atoms with Gasteiger partial charge in [-0.1, -0.05) is 18.9 Å². The van der Waals surface area contributed by atoms with Crippen LogP contribution in [-0.4, -0.2) is 26.9 Å². The number of nitrogens with two attached hydrogens (primary N) is 1. The second-order valence-electron chi connectivity index (χ2n) is 4.56. The van der Waals surface area contributed by atoms with Crippen molar-refractivity contribution in [1.29, 1.82) is 0 Å². The molecule has 0 aliphatic carbocycles. The largest absolute Gasteiger partial charge is 0.490 e. The predicted molar refractivity (Wildman–Crippen MR) is 82.7 cm³/mol. The van der Waals surface area contributed by atoms with Crippen LogP contribution in [0.15, 0.2) is 22.7 Å². The molecular weight excluding hydrogens is 306 g/mol. The summed E-state index contributed by atoms with van der Waals surface area (Å²) in [4.78, 5) is 0. The Morgan fingerprint density at radius 3 is 2.58 bits per heavy atom. The first kappa shape index (κ1) is 16.5. The second kappa shape index (κ2) is 10.2. The molecule has 0 heterocycles. The maximum absolute atomic E-state index is 5.60. The van der Waals surface area contributed by atoms with E-state index in [1.807, 2.05) is 6.07 Å². The number of hydrogen-bond acceptors (Lipinski definition) is 3. The highest BCUT2D eigenvalue weighted by atomic mass is 79.9. The van der Waals surface area contributed by atoms with Crippen LogP contribution >= 0.6 is 15.9 Å². The molecule has 1 rings (SSSR count). The molecule has 108 valence electrons. The van der Waals surface area contributed by atoms with E-state index in [1.54, 1.807) is 7.11 Å². The third kappa shape index (κ3) is 6.95. The molecule has 0 aliphatic rings. The number of halogens is 1. The van der Waals surface area contributed by atoms with Crippen LogP contribution in [0.25, 0.3) is 0 Å². The molecule has 0 spiro atoms. The Bertz CT molecular complexity index is 358. The second-order valence-corrected chi connectivity index (χ2v) is 5.41. The van der Waals surface area contributed by atoms with E-state index in [9.17, 15) is 0 Å². The Labute approximate surface area is 124 Å². The molecule has 0 bridgehead atoms. The minimum Gasteiger partial charge on any atom is -0.490 e.